The lowest BCUT2D eigenvalue weighted by Crippen LogP contribution is -2.30. The summed E-state index contributed by atoms with van der Waals surface area (Å²) in [7, 11) is 4.40. The van der Waals surface area contributed by atoms with Crippen LogP contribution in [0.1, 0.15) is 41.3 Å². The second-order valence-electron chi connectivity index (χ2n) is 6.65. The van der Waals surface area contributed by atoms with Crippen molar-refractivity contribution in [3.63, 3.8) is 0 Å². The van der Waals surface area contributed by atoms with E-state index in [1.807, 2.05) is 24.3 Å². The van der Waals surface area contributed by atoms with Crippen molar-refractivity contribution >= 4 is 11.9 Å². The fourth-order valence-corrected chi connectivity index (χ4v) is 2.68. The van der Waals surface area contributed by atoms with Gasteiger partial charge in [0.1, 0.15) is 13.2 Å². The molecule has 29 heavy (non-hydrogen) atoms. The van der Waals surface area contributed by atoms with Gasteiger partial charge in [-0.05, 0) is 29.2 Å². The first-order valence-electron chi connectivity index (χ1n) is 9.22. The Morgan fingerprint density at radius 2 is 1.52 bits per heavy atom. The van der Waals surface area contributed by atoms with Crippen LogP contribution in [0.5, 0.6) is 17.2 Å². The van der Waals surface area contributed by atoms with Crippen molar-refractivity contribution in [1.82, 2.24) is 5.32 Å². The summed E-state index contributed by atoms with van der Waals surface area (Å²) in [5.74, 6) is 0.543. The molecule has 0 saturated heterocycles. The minimum Gasteiger partial charge on any atom is -0.493 e. The molecule has 0 aliphatic carbocycles. The highest BCUT2D eigenvalue weighted by Gasteiger charge is 2.17. The Hall–Kier alpha value is -3.22. The smallest absolute Gasteiger partial charge is 0.325 e. The van der Waals surface area contributed by atoms with Gasteiger partial charge in [0.15, 0.2) is 11.5 Å². The van der Waals surface area contributed by atoms with Crippen LogP contribution in [-0.4, -0.2) is 39.8 Å². The molecule has 0 aromatic heterocycles. The second-order valence-corrected chi connectivity index (χ2v) is 6.65. The van der Waals surface area contributed by atoms with E-state index in [1.54, 1.807) is 0 Å². The summed E-state index contributed by atoms with van der Waals surface area (Å²) in [5.41, 5.74) is 2.38. The molecule has 1 amide bonds. The van der Waals surface area contributed by atoms with Crippen LogP contribution in [-0.2, 0) is 16.1 Å². The Labute approximate surface area is 170 Å². The van der Waals surface area contributed by atoms with Crippen LogP contribution in [0, 0.1) is 0 Å². The first-order valence-corrected chi connectivity index (χ1v) is 9.22. The third-order valence-corrected chi connectivity index (χ3v) is 4.37. The molecular formula is C22H27NO6. The first kappa shape index (κ1) is 22.1. The van der Waals surface area contributed by atoms with E-state index in [0.29, 0.717) is 23.2 Å². The van der Waals surface area contributed by atoms with E-state index in [1.165, 1.54) is 39.0 Å². The molecule has 7 nitrogen and oxygen atoms in total. The van der Waals surface area contributed by atoms with Crippen LogP contribution in [0.2, 0.25) is 0 Å². The molecule has 0 aliphatic heterocycles. The molecule has 2 aromatic carbocycles. The second kappa shape index (κ2) is 10.4. The molecule has 0 saturated carbocycles. The minimum absolute atomic E-state index is 0.150. The van der Waals surface area contributed by atoms with Crippen molar-refractivity contribution in [3.8, 4) is 17.2 Å². The van der Waals surface area contributed by atoms with Gasteiger partial charge in [-0.2, -0.15) is 0 Å². The third-order valence-electron chi connectivity index (χ3n) is 4.37. The van der Waals surface area contributed by atoms with Crippen LogP contribution in [0.3, 0.4) is 0 Å². The number of hydrogen-bond acceptors (Lipinski definition) is 6. The molecule has 0 atom stereocenters. The Morgan fingerprint density at radius 1 is 0.931 bits per heavy atom. The SMILES string of the molecule is COc1cc(C(=O)NCC(=O)OCc2ccc(C(C)C)cc2)cc(OC)c1OC. The predicted octanol–water partition coefficient (Wildman–Crippen LogP) is 3.31. The minimum atomic E-state index is -0.529. The maximum atomic E-state index is 12.4. The van der Waals surface area contributed by atoms with Crippen LogP contribution in [0.15, 0.2) is 36.4 Å². The topological polar surface area (TPSA) is 83.1 Å². The quantitative estimate of drug-likeness (QED) is 0.649. The molecule has 0 heterocycles. The van der Waals surface area contributed by atoms with Crippen molar-refractivity contribution < 1.29 is 28.5 Å². The molecular weight excluding hydrogens is 374 g/mol. The summed E-state index contributed by atoms with van der Waals surface area (Å²) in [6, 6.07) is 10.9. The lowest BCUT2D eigenvalue weighted by Gasteiger charge is -2.14. The molecule has 156 valence electrons. The van der Waals surface area contributed by atoms with Crippen molar-refractivity contribution in [2.75, 3.05) is 27.9 Å². The van der Waals surface area contributed by atoms with E-state index >= 15 is 0 Å². The average Bonchev–Trinajstić information content (AvgIpc) is 2.74. The zero-order valence-corrected chi connectivity index (χ0v) is 17.4. The van der Waals surface area contributed by atoms with E-state index in [2.05, 4.69) is 19.2 Å². The summed E-state index contributed by atoms with van der Waals surface area (Å²) in [6.45, 7) is 4.13. The summed E-state index contributed by atoms with van der Waals surface area (Å²) >= 11 is 0. The van der Waals surface area contributed by atoms with Gasteiger partial charge in [-0.3, -0.25) is 9.59 Å². The fourth-order valence-electron chi connectivity index (χ4n) is 2.68. The number of hydrogen-bond donors (Lipinski definition) is 1. The Bertz CT molecular complexity index is 820. The van der Waals surface area contributed by atoms with Crippen molar-refractivity contribution in [1.29, 1.82) is 0 Å². The highest BCUT2D eigenvalue weighted by atomic mass is 16.5. The van der Waals surface area contributed by atoms with E-state index in [0.717, 1.165) is 5.56 Å². The molecule has 2 rings (SSSR count). The van der Waals surface area contributed by atoms with Crippen molar-refractivity contribution in [2.24, 2.45) is 0 Å². The van der Waals surface area contributed by atoms with Gasteiger partial charge in [0.05, 0.1) is 21.3 Å². The van der Waals surface area contributed by atoms with Gasteiger partial charge in [-0.25, -0.2) is 0 Å². The number of carbonyl (C=O) groups is 2. The number of methoxy groups -OCH3 is 3. The maximum absolute atomic E-state index is 12.4. The van der Waals surface area contributed by atoms with Gasteiger partial charge in [0.2, 0.25) is 5.75 Å². The number of benzene rings is 2. The number of esters is 1. The van der Waals surface area contributed by atoms with Gasteiger partial charge < -0.3 is 24.3 Å². The summed E-state index contributed by atoms with van der Waals surface area (Å²) in [5, 5.41) is 2.53. The number of ether oxygens (including phenoxy) is 4. The number of carbonyl (C=O) groups excluding carboxylic acids is 2. The summed E-state index contributed by atoms with van der Waals surface area (Å²) < 4.78 is 20.9. The molecule has 0 unspecified atom stereocenters. The lowest BCUT2D eigenvalue weighted by molar-refractivity contribution is -0.143. The molecule has 7 heteroatoms. The molecule has 0 bridgehead atoms. The van der Waals surface area contributed by atoms with E-state index in [4.69, 9.17) is 18.9 Å². The van der Waals surface area contributed by atoms with Crippen LogP contribution in [0.4, 0.5) is 0 Å². The monoisotopic (exact) mass is 401 g/mol. The highest BCUT2D eigenvalue weighted by Crippen LogP contribution is 2.38. The normalized spacial score (nSPS) is 10.4. The maximum Gasteiger partial charge on any atom is 0.325 e. The highest BCUT2D eigenvalue weighted by molar-refractivity contribution is 5.97. The van der Waals surface area contributed by atoms with Gasteiger partial charge in [-0.15, -0.1) is 0 Å². The Balaban J connectivity index is 1.92. The zero-order chi connectivity index (χ0) is 21.4. The van der Waals surface area contributed by atoms with Crippen LogP contribution in [0.25, 0.3) is 0 Å². The molecule has 2 aromatic rings. The largest absolute Gasteiger partial charge is 0.493 e. The van der Waals surface area contributed by atoms with E-state index in [9.17, 15) is 9.59 Å². The molecule has 1 N–H and O–H groups in total. The van der Waals surface area contributed by atoms with Crippen LogP contribution < -0.4 is 19.5 Å². The zero-order valence-electron chi connectivity index (χ0n) is 17.4. The fraction of sp³-hybridized carbons (Fsp3) is 0.364. The summed E-state index contributed by atoms with van der Waals surface area (Å²) in [6.07, 6.45) is 0. The Morgan fingerprint density at radius 3 is 2.00 bits per heavy atom. The van der Waals surface area contributed by atoms with Crippen molar-refractivity contribution in [3.05, 3.63) is 53.1 Å². The van der Waals surface area contributed by atoms with Gasteiger partial charge in [-0.1, -0.05) is 38.1 Å². The average molecular weight is 401 g/mol. The molecule has 0 fully saturated rings. The van der Waals surface area contributed by atoms with Gasteiger partial charge in [0.25, 0.3) is 5.91 Å². The first-order chi connectivity index (χ1) is 13.9. The van der Waals surface area contributed by atoms with Crippen molar-refractivity contribution in [2.45, 2.75) is 26.4 Å². The summed E-state index contributed by atoms with van der Waals surface area (Å²) in [4.78, 5) is 24.4. The van der Waals surface area contributed by atoms with Gasteiger partial charge >= 0.3 is 5.97 Å². The van der Waals surface area contributed by atoms with E-state index in [-0.39, 0.29) is 18.7 Å². The third kappa shape index (κ3) is 5.88. The standard InChI is InChI=1S/C22H27NO6/c1-14(2)16-8-6-15(7-9-16)13-29-20(24)12-23-22(25)17-10-18(26-3)21(28-5)19(11-17)27-4/h6-11,14H,12-13H2,1-5H3,(H,23,25). The van der Waals surface area contributed by atoms with E-state index < -0.39 is 11.9 Å². The number of amides is 1. The molecule has 0 radical (unpaired) electrons. The predicted molar refractivity (Wildman–Crippen MR) is 109 cm³/mol. The Kier molecular flexibility index (Phi) is 7.88. The number of rotatable bonds is 9. The lowest BCUT2D eigenvalue weighted by atomic mass is 10.0. The van der Waals surface area contributed by atoms with Crippen LogP contribution >= 0.6 is 0 Å². The molecule has 0 spiro atoms. The van der Waals surface area contributed by atoms with Gasteiger partial charge in [0, 0.05) is 5.56 Å². The molecule has 0 aliphatic rings. The number of nitrogens with one attached hydrogen (secondary N) is 1.